The first-order valence-corrected chi connectivity index (χ1v) is 4.96. The van der Waals surface area contributed by atoms with Gasteiger partial charge in [-0.25, -0.2) is 4.79 Å². The van der Waals surface area contributed by atoms with E-state index in [0.29, 0.717) is 5.02 Å². The number of fused-ring (bicyclic) bond motifs is 1. The van der Waals surface area contributed by atoms with Crippen molar-refractivity contribution in [3.63, 3.8) is 0 Å². The number of nitrogens with one attached hydrogen (secondary N) is 1. The molecule has 0 aliphatic heterocycles. The van der Waals surface area contributed by atoms with Crippen molar-refractivity contribution in [2.45, 2.75) is 0 Å². The van der Waals surface area contributed by atoms with E-state index in [1.165, 1.54) is 0 Å². The van der Waals surface area contributed by atoms with Gasteiger partial charge in [-0.05, 0) is 34.1 Å². The van der Waals surface area contributed by atoms with E-state index in [1.807, 2.05) is 0 Å². The molecule has 0 radical (unpaired) electrons. The monoisotopic (exact) mass is 273 g/mol. The molecule has 0 bridgehead atoms. The summed E-state index contributed by atoms with van der Waals surface area (Å²) in [6.45, 7) is 0. The molecule has 1 heterocycles. The van der Waals surface area contributed by atoms with Gasteiger partial charge in [0.1, 0.15) is 5.69 Å². The van der Waals surface area contributed by atoms with Crippen molar-refractivity contribution in [3.8, 4) is 0 Å². The molecule has 0 amide bonds. The number of rotatable bonds is 1. The number of carboxylic acid groups (broad SMARTS) is 1. The number of aromatic carboxylic acids is 1. The van der Waals surface area contributed by atoms with E-state index in [4.69, 9.17) is 16.7 Å². The van der Waals surface area contributed by atoms with Crippen molar-refractivity contribution in [3.05, 3.63) is 33.4 Å². The second-order valence-corrected chi connectivity index (χ2v) is 4.10. The van der Waals surface area contributed by atoms with Crippen LogP contribution in [-0.4, -0.2) is 16.1 Å². The molecule has 0 saturated heterocycles. The molecule has 0 aliphatic carbocycles. The highest BCUT2D eigenvalue weighted by molar-refractivity contribution is 9.10. The topological polar surface area (TPSA) is 53.1 Å². The number of aromatic amines is 1. The summed E-state index contributed by atoms with van der Waals surface area (Å²) in [6.07, 6.45) is 0. The van der Waals surface area contributed by atoms with Gasteiger partial charge >= 0.3 is 5.97 Å². The first kappa shape index (κ1) is 9.55. The average molecular weight is 275 g/mol. The quantitative estimate of drug-likeness (QED) is 0.838. The van der Waals surface area contributed by atoms with Gasteiger partial charge in [0.15, 0.2) is 0 Å². The molecule has 0 spiro atoms. The Hall–Kier alpha value is -1.00. The lowest BCUT2D eigenvalue weighted by molar-refractivity contribution is 0.0691. The van der Waals surface area contributed by atoms with Crippen LogP contribution in [0.1, 0.15) is 10.5 Å². The fraction of sp³-hybridized carbons (Fsp3) is 0. The standard InChI is InChI=1S/C9H5BrClNO2/c10-5-1-4-2-8(9(13)14)12-7(4)3-6(5)11/h1-3,12H,(H,13,14). The van der Waals surface area contributed by atoms with E-state index in [-0.39, 0.29) is 5.69 Å². The van der Waals surface area contributed by atoms with Crippen LogP contribution in [0.2, 0.25) is 5.02 Å². The van der Waals surface area contributed by atoms with Gasteiger partial charge in [0, 0.05) is 15.4 Å². The molecule has 5 heteroatoms. The zero-order chi connectivity index (χ0) is 10.3. The molecule has 0 atom stereocenters. The van der Waals surface area contributed by atoms with E-state index in [2.05, 4.69) is 20.9 Å². The Kier molecular flexibility index (Phi) is 2.25. The second-order valence-electron chi connectivity index (χ2n) is 2.84. The van der Waals surface area contributed by atoms with Crippen molar-refractivity contribution in [1.82, 2.24) is 4.98 Å². The largest absolute Gasteiger partial charge is 0.477 e. The van der Waals surface area contributed by atoms with Gasteiger partial charge in [-0.3, -0.25) is 0 Å². The number of benzene rings is 1. The van der Waals surface area contributed by atoms with Gasteiger partial charge in [-0.1, -0.05) is 11.6 Å². The maximum atomic E-state index is 10.7. The molecule has 2 rings (SSSR count). The molecule has 0 saturated carbocycles. The molecule has 14 heavy (non-hydrogen) atoms. The van der Waals surface area contributed by atoms with Crippen LogP contribution >= 0.6 is 27.5 Å². The van der Waals surface area contributed by atoms with Crippen LogP contribution in [0, 0.1) is 0 Å². The molecule has 0 aliphatic rings. The Morgan fingerprint density at radius 1 is 1.43 bits per heavy atom. The summed E-state index contributed by atoms with van der Waals surface area (Å²) in [4.78, 5) is 13.4. The van der Waals surface area contributed by atoms with Crippen molar-refractivity contribution >= 4 is 44.4 Å². The van der Waals surface area contributed by atoms with Crippen molar-refractivity contribution in [1.29, 1.82) is 0 Å². The predicted molar refractivity (Wildman–Crippen MR) is 58.0 cm³/mol. The lowest BCUT2D eigenvalue weighted by atomic mass is 10.2. The van der Waals surface area contributed by atoms with E-state index in [9.17, 15) is 4.79 Å². The average Bonchev–Trinajstić information content (AvgIpc) is 2.48. The Labute approximate surface area is 92.8 Å². The van der Waals surface area contributed by atoms with Crippen LogP contribution in [0.4, 0.5) is 0 Å². The lowest BCUT2D eigenvalue weighted by Gasteiger charge is -1.94. The third kappa shape index (κ3) is 1.51. The van der Waals surface area contributed by atoms with Gasteiger partial charge in [0.05, 0.1) is 5.02 Å². The van der Waals surface area contributed by atoms with Crippen LogP contribution < -0.4 is 0 Å². The predicted octanol–water partition coefficient (Wildman–Crippen LogP) is 3.28. The Morgan fingerprint density at radius 3 is 2.79 bits per heavy atom. The van der Waals surface area contributed by atoms with E-state index in [1.54, 1.807) is 18.2 Å². The van der Waals surface area contributed by atoms with Gasteiger partial charge in [0.2, 0.25) is 0 Å². The molecule has 3 nitrogen and oxygen atoms in total. The molecule has 1 aromatic heterocycles. The summed E-state index contributed by atoms with van der Waals surface area (Å²) in [7, 11) is 0. The Morgan fingerprint density at radius 2 is 2.14 bits per heavy atom. The highest BCUT2D eigenvalue weighted by Gasteiger charge is 2.08. The zero-order valence-corrected chi connectivity index (χ0v) is 9.19. The molecule has 1 aromatic carbocycles. The zero-order valence-electron chi connectivity index (χ0n) is 6.84. The molecule has 0 unspecified atom stereocenters. The number of hydrogen-bond donors (Lipinski definition) is 2. The van der Waals surface area contributed by atoms with Crippen molar-refractivity contribution in [2.24, 2.45) is 0 Å². The summed E-state index contributed by atoms with van der Waals surface area (Å²) in [5.74, 6) is -0.978. The Balaban J connectivity index is 2.72. The number of carbonyl (C=O) groups is 1. The minimum absolute atomic E-state index is 0.161. The van der Waals surface area contributed by atoms with Crippen LogP contribution in [-0.2, 0) is 0 Å². The van der Waals surface area contributed by atoms with E-state index in [0.717, 1.165) is 15.4 Å². The summed E-state index contributed by atoms with van der Waals surface area (Å²) in [5, 5.41) is 10.1. The van der Waals surface area contributed by atoms with Crippen LogP contribution in [0.15, 0.2) is 22.7 Å². The number of hydrogen-bond acceptors (Lipinski definition) is 1. The van der Waals surface area contributed by atoms with Crippen LogP contribution in [0.25, 0.3) is 10.9 Å². The maximum Gasteiger partial charge on any atom is 0.352 e. The molecule has 0 fully saturated rings. The normalized spacial score (nSPS) is 10.7. The third-order valence-corrected chi connectivity index (χ3v) is 3.09. The number of halogens is 2. The third-order valence-electron chi connectivity index (χ3n) is 1.89. The highest BCUT2D eigenvalue weighted by Crippen LogP contribution is 2.28. The molecule has 2 aromatic rings. The summed E-state index contributed by atoms with van der Waals surface area (Å²) in [5.41, 5.74) is 0.879. The summed E-state index contributed by atoms with van der Waals surface area (Å²) < 4.78 is 0.752. The van der Waals surface area contributed by atoms with Gasteiger partial charge < -0.3 is 10.1 Å². The minimum atomic E-state index is -0.978. The van der Waals surface area contributed by atoms with Crippen LogP contribution in [0.5, 0.6) is 0 Å². The lowest BCUT2D eigenvalue weighted by Crippen LogP contribution is -1.94. The maximum absolute atomic E-state index is 10.7. The fourth-order valence-electron chi connectivity index (χ4n) is 1.24. The van der Waals surface area contributed by atoms with Crippen molar-refractivity contribution < 1.29 is 9.90 Å². The SMILES string of the molecule is O=C(O)c1cc2cc(Br)c(Cl)cc2[nH]1. The summed E-state index contributed by atoms with van der Waals surface area (Å²) >= 11 is 9.13. The minimum Gasteiger partial charge on any atom is -0.477 e. The molecular weight excluding hydrogens is 269 g/mol. The first-order chi connectivity index (χ1) is 6.58. The highest BCUT2D eigenvalue weighted by atomic mass is 79.9. The molecule has 2 N–H and O–H groups in total. The van der Waals surface area contributed by atoms with E-state index >= 15 is 0 Å². The smallest absolute Gasteiger partial charge is 0.352 e. The molecular formula is C9H5BrClNO2. The van der Waals surface area contributed by atoms with Crippen molar-refractivity contribution in [2.75, 3.05) is 0 Å². The van der Waals surface area contributed by atoms with E-state index < -0.39 is 5.97 Å². The van der Waals surface area contributed by atoms with Gasteiger partial charge in [-0.15, -0.1) is 0 Å². The number of H-pyrrole nitrogens is 1. The van der Waals surface area contributed by atoms with Gasteiger partial charge in [0.25, 0.3) is 0 Å². The second kappa shape index (κ2) is 3.29. The Bertz CT molecular complexity index is 482. The first-order valence-electron chi connectivity index (χ1n) is 3.79. The summed E-state index contributed by atoms with van der Waals surface area (Å²) in [6, 6.07) is 5.03. The van der Waals surface area contributed by atoms with Gasteiger partial charge in [-0.2, -0.15) is 0 Å². The number of carboxylic acids is 1. The van der Waals surface area contributed by atoms with Crippen LogP contribution in [0.3, 0.4) is 0 Å². The number of aromatic nitrogens is 1. The molecule has 72 valence electrons. The fourth-order valence-corrected chi connectivity index (χ4v) is 1.77.